The van der Waals surface area contributed by atoms with E-state index in [-0.39, 0.29) is 5.84 Å². The molecule has 0 bridgehead atoms. The van der Waals surface area contributed by atoms with Crippen molar-refractivity contribution in [3.05, 3.63) is 23.8 Å². The third-order valence-corrected chi connectivity index (χ3v) is 3.26. The quantitative estimate of drug-likeness (QED) is 0.343. The molecule has 4 nitrogen and oxygen atoms in total. The largest absolute Gasteiger partial charge is 0.493 e. The normalized spacial score (nSPS) is 10.7. The molecule has 0 spiro atoms. The number of thioether (sulfide) groups is 1. The Kier molecular flexibility index (Phi) is 6.01. The van der Waals surface area contributed by atoms with E-state index in [1.165, 1.54) is 0 Å². The SMILES string of the molecule is CSc1cccc(OCCCN(C)C)c1C(=N)N. The monoisotopic (exact) mass is 267 g/mol. The van der Waals surface area contributed by atoms with Crippen LogP contribution in [0.25, 0.3) is 0 Å². The van der Waals surface area contributed by atoms with Crippen LogP contribution in [0.4, 0.5) is 0 Å². The fraction of sp³-hybridized carbons (Fsp3) is 0.462. The Morgan fingerprint density at radius 3 is 2.72 bits per heavy atom. The molecular weight excluding hydrogens is 246 g/mol. The standard InChI is InChI=1S/C13H21N3OS/c1-16(2)8-5-9-17-10-6-4-7-11(18-3)12(10)13(14)15/h4,6-7H,5,8-9H2,1-3H3,(H3,14,15). The summed E-state index contributed by atoms with van der Waals surface area (Å²) in [5.41, 5.74) is 6.33. The van der Waals surface area contributed by atoms with Gasteiger partial charge in [0.15, 0.2) is 0 Å². The number of nitrogens with zero attached hydrogens (tertiary/aromatic N) is 1. The zero-order valence-electron chi connectivity index (χ0n) is 11.2. The number of benzene rings is 1. The van der Waals surface area contributed by atoms with E-state index >= 15 is 0 Å². The molecule has 1 aromatic carbocycles. The van der Waals surface area contributed by atoms with Crippen molar-refractivity contribution in [3.63, 3.8) is 0 Å². The van der Waals surface area contributed by atoms with E-state index in [9.17, 15) is 0 Å². The van der Waals surface area contributed by atoms with Crippen molar-refractivity contribution >= 4 is 17.6 Å². The first-order valence-electron chi connectivity index (χ1n) is 5.85. The summed E-state index contributed by atoms with van der Waals surface area (Å²) in [6.07, 6.45) is 2.92. The molecule has 0 saturated carbocycles. The highest BCUT2D eigenvalue weighted by molar-refractivity contribution is 7.98. The van der Waals surface area contributed by atoms with E-state index in [1.54, 1.807) is 11.8 Å². The maximum atomic E-state index is 7.65. The molecule has 0 saturated heterocycles. The lowest BCUT2D eigenvalue weighted by atomic mass is 10.2. The molecule has 0 radical (unpaired) electrons. The maximum Gasteiger partial charge on any atom is 0.131 e. The fourth-order valence-corrected chi connectivity index (χ4v) is 2.26. The highest BCUT2D eigenvalue weighted by atomic mass is 32.2. The molecule has 0 fully saturated rings. The molecule has 0 heterocycles. The Balaban J connectivity index is 2.72. The molecule has 0 aliphatic carbocycles. The Morgan fingerprint density at radius 2 is 2.17 bits per heavy atom. The molecule has 0 atom stereocenters. The number of ether oxygens (including phenoxy) is 1. The van der Waals surface area contributed by atoms with E-state index in [0.29, 0.717) is 17.9 Å². The van der Waals surface area contributed by atoms with Gasteiger partial charge in [0, 0.05) is 11.4 Å². The molecule has 0 aromatic heterocycles. The van der Waals surface area contributed by atoms with Crippen LogP contribution in [0.1, 0.15) is 12.0 Å². The summed E-state index contributed by atoms with van der Waals surface area (Å²) in [4.78, 5) is 3.10. The van der Waals surface area contributed by atoms with Crippen LogP contribution in [-0.2, 0) is 0 Å². The van der Waals surface area contributed by atoms with Gasteiger partial charge in [-0.3, -0.25) is 5.41 Å². The van der Waals surface area contributed by atoms with Crippen LogP contribution in [-0.4, -0.2) is 44.2 Å². The second-order valence-electron chi connectivity index (χ2n) is 4.25. The van der Waals surface area contributed by atoms with Gasteiger partial charge in [0.25, 0.3) is 0 Å². The van der Waals surface area contributed by atoms with Crippen LogP contribution >= 0.6 is 11.8 Å². The number of nitrogen functional groups attached to an aromatic ring is 1. The molecule has 100 valence electrons. The topological polar surface area (TPSA) is 62.3 Å². The van der Waals surface area contributed by atoms with Crippen LogP contribution < -0.4 is 10.5 Å². The van der Waals surface area contributed by atoms with Crippen molar-refractivity contribution in [3.8, 4) is 5.75 Å². The lowest BCUT2D eigenvalue weighted by Gasteiger charge is -2.14. The summed E-state index contributed by atoms with van der Waals surface area (Å²) in [7, 11) is 4.07. The van der Waals surface area contributed by atoms with Gasteiger partial charge in [-0.05, 0) is 38.9 Å². The maximum absolute atomic E-state index is 7.65. The Hall–Kier alpha value is -1.20. The summed E-state index contributed by atoms with van der Waals surface area (Å²) in [6.45, 7) is 1.62. The molecule has 0 aliphatic heterocycles. The first-order valence-corrected chi connectivity index (χ1v) is 7.07. The number of rotatable bonds is 7. The number of hydrogen-bond acceptors (Lipinski definition) is 4. The van der Waals surface area contributed by atoms with Gasteiger partial charge < -0.3 is 15.4 Å². The predicted molar refractivity (Wildman–Crippen MR) is 77.9 cm³/mol. The van der Waals surface area contributed by atoms with Crippen LogP contribution in [0.15, 0.2) is 23.1 Å². The van der Waals surface area contributed by atoms with Crippen molar-refractivity contribution < 1.29 is 4.74 Å². The minimum absolute atomic E-state index is 0.0579. The number of amidine groups is 1. The van der Waals surface area contributed by atoms with Crippen molar-refractivity contribution in [2.24, 2.45) is 5.73 Å². The summed E-state index contributed by atoms with van der Waals surface area (Å²) in [5.74, 6) is 0.760. The van der Waals surface area contributed by atoms with Gasteiger partial charge in [-0.15, -0.1) is 11.8 Å². The Bertz CT molecular complexity index is 407. The van der Waals surface area contributed by atoms with Gasteiger partial charge in [-0.2, -0.15) is 0 Å². The van der Waals surface area contributed by atoms with Crippen LogP contribution in [0.2, 0.25) is 0 Å². The first kappa shape index (κ1) is 14.9. The summed E-state index contributed by atoms with van der Waals surface area (Å²) < 4.78 is 5.73. The Morgan fingerprint density at radius 1 is 1.44 bits per heavy atom. The molecule has 1 aromatic rings. The van der Waals surface area contributed by atoms with Crippen molar-refractivity contribution in [2.75, 3.05) is 33.5 Å². The highest BCUT2D eigenvalue weighted by Crippen LogP contribution is 2.28. The molecule has 0 amide bonds. The second-order valence-corrected chi connectivity index (χ2v) is 5.10. The molecule has 1 rings (SSSR count). The zero-order valence-corrected chi connectivity index (χ0v) is 12.0. The average molecular weight is 267 g/mol. The van der Waals surface area contributed by atoms with Crippen molar-refractivity contribution in [2.45, 2.75) is 11.3 Å². The molecule has 18 heavy (non-hydrogen) atoms. The van der Waals surface area contributed by atoms with Crippen molar-refractivity contribution in [1.82, 2.24) is 4.90 Å². The second kappa shape index (κ2) is 7.28. The zero-order chi connectivity index (χ0) is 13.5. The third-order valence-electron chi connectivity index (χ3n) is 2.48. The highest BCUT2D eigenvalue weighted by Gasteiger charge is 2.11. The molecule has 3 N–H and O–H groups in total. The van der Waals surface area contributed by atoms with Gasteiger partial charge in [0.2, 0.25) is 0 Å². The molecule has 0 unspecified atom stereocenters. The number of nitrogens with one attached hydrogen (secondary N) is 1. The van der Waals surface area contributed by atoms with E-state index in [4.69, 9.17) is 15.9 Å². The summed E-state index contributed by atoms with van der Waals surface area (Å²) in [6, 6.07) is 5.75. The van der Waals surface area contributed by atoms with Crippen LogP contribution in [0.5, 0.6) is 5.75 Å². The van der Waals surface area contributed by atoms with E-state index in [2.05, 4.69) is 4.90 Å². The Labute approximate surface area is 113 Å². The van der Waals surface area contributed by atoms with E-state index in [0.717, 1.165) is 17.9 Å². The molecular formula is C13H21N3OS. The minimum atomic E-state index is 0.0579. The minimum Gasteiger partial charge on any atom is -0.493 e. The predicted octanol–water partition coefficient (Wildman–Crippen LogP) is 2.02. The summed E-state index contributed by atoms with van der Waals surface area (Å²) in [5, 5.41) is 7.65. The van der Waals surface area contributed by atoms with Gasteiger partial charge in [0.1, 0.15) is 11.6 Å². The lowest BCUT2D eigenvalue weighted by molar-refractivity contribution is 0.280. The van der Waals surface area contributed by atoms with Crippen LogP contribution in [0.3, 0.4) is 0 Å². The van der Waals surface area contributed by atoms with Crippen LogP contribution in [0, 0.1) is 5.41 Å². The van der Waals surface area contributed by atoms with E-state index in [1.807, 2.05) is 38.6 Å². The smallest absolute Gasteiger partial charge is 0.131 e. The number of nitrogens with two attached hydrogens (primary N) is 1. The lowest BCUT2D eigenvalue weighted by Crippen LogP contribution is -2.17. The van der Waals surface area contributed by atoms with Gasteiger partial charge in [-0.1, -0.05) is 6.07 Å². The van der Waals surface area contributed by atoms with E-state index < -0.39 is 0 Å². The summed E-state index contributed by atoms with van der Waals surface area (Å²) >= 11 is 1.57. The first-order chi connectivity index (χ1) is 8.56. The fourth-order valence-electron chi connectivity index (χ4n) is 1.63. The third kappa shape index (κ3) is 4.23. The van der Waals surface area contributed by atoms with Gasteiger partial charge >= 0.3 is 0 Å². The average Bonchev–Trinajstić information content (AvgIpc) is 2.33. The van der Waals surface area contributed by atoms with Gasteiger partial charge in [0.05, 0.1) is 12.2 Å². The molecule has 0 aliphatic rings. The molecule has 5 heteroatoms. The van der Waals surface area contributed by atoms with Crippen molar-refractivity contribution in [1.29, 1.82) is 5.41 Å². The number of hydrogen-bond donors (Lipinski definition) is 2. The van der Waals surface area contributed by atoms with Gasteiger partial charge in [-0.25, -0.2) is 0 Å².